The van der Waals surface area contributed by atoms with Crippen molar-refractivity contribution in [3.8, 4) is 0 Å². The first-order valence-electron chi connectivity index (χ1n) is 6.05. The second-order valence-corrected chi connectivity index (χ2v) is 4.67. The number of aromatic nitrogens is 1. The molecule has 2 aromatic rings. The number of hydrogen-bond donors (Lipinski definition) is 1. The Hall–Kier alpha value is -2.04. The first kappa shape index (κ1) is 11.1. The summed E-state index contributed by atoms with van der Waals surface area (Å²) in [5.74, 6) is -0.954. The third-order valence-corrected chi connectivity index (χ3v) is 3.42. The molecule has 0 saturated carbocycles. The van der Waals surface area contributed by atoms with Crippen LogP contribution in [0.4, 0.5) is 6.01 Å². The summed E-state index contributed by atoms with van der Waals surface area (Å²) in [6.07, 6.45) is 2.28. The number of fused-ring (bicyclic) bond motifs is 1. The third kappa shape index (κ3) is 1.72. The van der Waals surface area contributed by atoms with Gasteiger partial charge in [0.2, 0.25) is 0 Å². The van der Waals surface area contributed by atoms with E-state index in [0.717, 1.165) is 19.4 Å². The molecule has 2 heterocycles. The van der Waals surface area contributed by atoms with E-state index in [2.05, 4.69) is 16.8 Å². The van der Waals surface area contributed by atoms with Crippen LogP contribution in [-0.2, 0) is 0 Å². The van der Waals surface area contributed by atoms with Crippen molar-refractivity contribution in [3.05, 3.63) is 23.8 Å². The Morgan fingerprint density at radius 1 is 1.56 bits per heavy atom. The van der Waals surface area contributed by atoms with E-state index in [1.54, 1.807) is 12.1 Å². The standard InChI is InChI=1S/C13H14N2O3/c1-8-3-2-6-15(8)13-14-10-5-4-9(12(16)17)7-11(10)18-13/h4-5,7-8H,2-3,6H2,1H3,(H,16,17). The largest absolute Gasteiger partial charge is 0.478 e. The van der Waals surface area contributed by atoms with Crippen LogP contribution in [0.5, 0.6) is 0 Å². The summed E-state index contributed by atoms with van der Waals surface area (Å²) in [5.41, 5.74) is 1.46. The summed E-state index contributed by atoms with van der Waals surface area (Å²) in [5, 5.41) is 8.93. The highest BCUT2D eigenvalue weighted by Crippen LogP contribution is 2.28. The van der Waals surface area contributed by atoms with Gasteiger partial charge in [-0.15, -0.1) is 0 Å². The van der Waals surface area contributed by atoms with Crippen molar-refractivity contribution in [2.75, 3.05) is 11.4 Å². The lowest BCUT2D eigenvalue weighted by atomic mass is 10.2. The SMILES string of the molecule is CC1CCCN1c1nc2ccc(C(=O)O)cc2o1. The number of oxazole rings is 1. The number of anilines is 1. The number of benzene rings is 1. The maximum atomic E-state index is 10.9. The molecule has 0 spiro atoms. The third-order valence-electron chi connectivity index (χ3n) is 3.42. The van der Waals surface area contributed by atoms with Gasteiger partial charge in [-0.05, 0) is 38.0 Å². The molecule has 1 fully saturated rings. The molecule has 1 N–H and O–H groups in total. The van der Waals surface area contributed by atoms with E-state index in [-0.39, 0.29) is 5.56 Å². The summed E-state index contributed by atoms with van der Waals surface area (Å²) >= 11 is 0. The average Bonchev–Trinajstić information content (AvgIpc) is 2.92. The molecule has 5 heteroatoms. The van der Waals surface area contributed by atoms with Crippen LogP contribution < -0.4 is 4.90 Å². The van der Waals surface area contributed by atoms with Gasteiger partial charge in [0.1, 0.15) is 5.52 Å². The maximum absolute atomic E-state index is 10.9. The first-order chi connectivity index (χ1) is 8.65. The minimum Gasteiger partial charge on any atom is -0.478 e. The molecule has 1 aliphatic heterocycles. The van der Waals surface area contributed by atoms with Crippen molar-refractivity contribution in [1.82, 2.24) is 4.98 Å². The van der Waals surface area contributed by atoms with Crippen LogP contribution in [0.1, 0.15) is 30.1 Å². The van der Waals surface area contributed by atoms with E-state index in [9.17, 15) is 4.79 Å². The summed E-state index contributed by atoms with van der Waals surface area (Å²) < 4.78 is 5.66. The molecule has 1 unspecified atom stereocenters. The van der Waals surface area contributed by atoms with Gasteiger partial charge in [0, 0.05) is 12.6 Å². The van der Waals surface area contributed by atoms with Crippen molar-refractivity contribution in [1.29, 1.82) is 0 Å². The van der Waals surface area contributed by atoms with Gasteiger partial charge in [0.05, 0.1) is 5.56 Å². The van der Waals surface area contributed by atoms with E-state index in [1.807, 2.05) is 0 Å². The van der Waals surface area contributed by atoms with E-state index < -0.39 is 5.97 Å². The Morgan fingerprint density at radius 2 is 2.39 bits per heavy atom. The number of hydrogen-bond acceptors (Lipinski definition) is 4. The predicted molar refractivity (Wildman–Crippen MR) is 67.0 cm³/mol. The molecule has 1 aromatic carbocycles. The van der Waals surface area contributed by atoms with Gasteiger partial charge < -0.3 is 14.4 Å². The first-order valence-corrected chi connectivity index (χ1v) is 6.05. The van der Waals surface area contributed by atoms with Crippen LogP contribution >= 0.6 is 0 Å². The number of nitrogens with zero attached hydrogens (tertiary/aromatic N) is 2. The molecule has 0 amide bonds. The van der Waals surface area contributed by atoms with Gasteiger partial charge in [-0.1, -0.05) is 0 Å². The second-order valence-electron chi connectivity index (χ2n) is 4.67. The van der Waals surface area contributed by atoms with Gasteiger partial charge in [-0.2, -0.15) is 4.98 Å². The van der Waals surface area contributed by atoms with E-state index in [0.29, 0.717) is 23.2 Å². The quantitative estimate of drug-likeness (QED) is 0.881. The summed E-state index contributed by atoms with van der Waals surface area (Å²) in [6, 6.07) is 5.78. The van der Waals surface area contributed by atoms with Crippen molar-refractivity contribution in [2.45, 2.75) is 25.8 Å². The smallest absolute Gasteiger partial charge is 0.335 e. The minimum atomic E-state index is -0.954. The lowest BCUT2D eigenvalue weighted by Crippen LogP contribution is -2.26. The van der Waals surface area contributed by atoms with Crippen LogP contribution in [0.25, 0.3) is 11.1 Å². The Balaban J connectivity index is 2.02. The molecule has 0 aliphatic carbocycles. The van der Waals surface area contributed by atoms with Gasteiger partial charge in [-0.25, -0.2) is 4.79 Å². The van der Waals surface area contributed by atoms with Gasteiger partial charge >= 0.3 is 5.97 Å². The Kier molecular flexibility index (Phi) is 2.47. The molecule has 94 valence electrons. The summed E-state index contributed by atoms with van der Waals surface area (Å²) in [6.45, 7) is 3.09. The number of carbonyl (C=O) groups is 1. The molecule has 1 aromatic heterocycles. The van der Waals surface area contributed by atoms with E-state index >= 15 is 0 Å². The fourth-order valence-corrected chi connectivity index (χ4v) is 2.39. The van der Waals surface area contributed by atoms with E-state index in [1.165, 1.54) is 6.07 Å². The Bertz CT molecular complexity index is 605. The zero-order valence-corrected chi connectivity index (χ0v) is 10.1. The zero-order valence-electron chi connectivity index (χ0n) is 10.1. The van der Waals surface area contributed by atoms with Gasteiger partial charge in [0.15, 0.2) is 5.58 Å². The van der Waals surface area contributed by atoms with Crippen molar-refractivity contribution >= 4 is 23.1 Å². The second kappa shape index (κ2) is 4.01. The van der Waals surface area contributed by atoms with Crippen molar-refractivity contribution in [2.24, 2.45) is 0 Å². The van der Waals surface area contributed by atoms with Crippen molar-refractivity contribution in [3.63, 3.8) is 0 Å². The van der Waals surface area contributed by atoms with E-state index in [4.69, 9.17) is 9.52 Å². The van der Waals surface area contributed by atoms with Gasteiger partial charge in [0.25, 0.3) is 6.01 Å². The van der Waals surface area contributed by atoms with Crippen LogP contribution in [0, 0.1) is 0 Å². The number of rotatable bonds is 2. The molecule has 1 aliphatic rings. The average molecular weight is 246 g/mol. The molecule has 0 bridgehead atoms. The Labute approximate surface area is 104 Å². The summed E-state index contributed by atoms with van der Waals surface area (Å²) in [4.78, 5) is 17.4. The molecule has 18 heavy (non-hydrogen) atoms. The van der Waals surface area contributed by atoms with Gasteiger partial charge in [-0.3, -0.25) is 0 Å². The molecule has 1 saturated heterocycles. The lowest BCUT2D eigenvalue weighted by Gasteiger charge is -2.18. The monoisotopic (exact) mass is 246 g/mol. The molecule has 1 atom stereocenters. The maximum Gasteiger partial charge on any atom is 0.335 e. The molecule has 0 radical (unpaired) electrons. The molecular weight excluding hydrogens is 232 g/mol. The topological polar surface area (TPSA) is 66.6 Å². The molecule has 3 rings (SSSR count). The van der Waals surface area contributed by atoms with Crippen LogP contribution in [0.3, 0.4) is 0 Å². The fourth-order valence-electron chi connectivity index (χ4n) is 2.39. The predicted octanol–water partition coefficient (Wildman–Crippen LogP) is 2.51. The highest BCUT2D eigenvalue weighted by molar-refractivity contribution is 5.92. The highest BCUT2D eigenvalue weighted by Gasteiger charge is 2.24. The van der Waals surface area contributed by atoms with Crippen molar-refractivity contribution < 1.29 is 14.3 Å². The van der Waals surface area contributed by atoms with Crippen LogP contribution in [0.2, 0.25) is 0 Å². The number of carboxylic acid groups (broad SMARTS) is 1. The lowest BCUT2D eigenvalue weighted by molar-refractivity contribution is 0.0697. The number of aromatic carboxylic acids is 1. The Morgan fingerprint density at radius 3 is 3.06 bits per heavy atom. The zero-order chi connectivity index (χ0) is 12.7. The minimum absolute atomic E-state index is 0.222. The van der Waals surface area contributed by atoms with Crippen LogP contribution in [0.15, 0.2) is 22.6 Å². The highest BCUT2D eigenvalue weighted by atomic mass is 16.4. The van der Waals surface area contributed by atoms with Crippen LogP contribution in [-0.4, -0.2) is 28.6 Å². The normalized spacial score (nSPS) is 19.6. The number of carboxylic acids is 1. The molecule has 5 nitrogen and oxygen atoms in total. The molecular formula is C13H14N2O3. The summed E-state index contributed by atoms with van der Waals surface area (Å²) in [7, 11) is 0. The fraction of sp³-hybridized carbons (Fsp3) is 0.385.